The van der Waals surface area contributed by atoms with Crippen LogP contribution in [0.1, 0.15) is 18.2 Å². The van der Waals surface area contributed by atoms with Crippen molar-refractivity contribution in [2.24, 2.45) is 0 Å². The van der Waals surface area contributed by atoms with Crippen molar-refractivity contribution in [3.05, 3.63) is 96.4 Å². The van der Waals surface area contributed by atoms with E-state index in [0.29, 0.717) is 11.3 Å². The molecule has 0 aliphatic carbocycles. The Morgan fingerprint density at radius 2 is 1.61 bits per heavy atom. The van der Waals surface area contributed by atoms with Crippen molar-refractivity contribution < 1.29 is 25.4 Å². The molecule has 0 radical (unpaired) electrons. The summed E-state index contributed by atoms with van der Waals surface area (Å²) in [6, 6.07) is 22.3. The lowest BCUT2D eigenvalue weighted by Crippen LogP contribution is -2.30. The molecule has 9 heteroatoms. The van der Waals surface area contributed by atoms with Crippen LogP contribution in [-0.4, -0.2) is 26.9 Å². The zero-order chi connectivity index (χ0) is 23.5. The molecule has 0 aliphatic heterocycles. The van der Waals surface area contributed by atoms with Gasteiger partial charge >= 0.3 is 10.1 Å². The van der Waals surface area contributed by atoms with Gasteiger partial charge in [-0.05, 0) is 59.7 Å². The van der Waals surface area contributed by atoms with Gasteiger partial charge in [0.1, 0.15) is 11.5 Å². The van der Waals surface area contributed by atoms with Crippen molar-refractivity contribution >= 4 is 30.9 Å². The molecule has 3 aromatic carbocycles. The van der Waals surface area contributed by atoms with E-state index in [0.717, 1.165) is 10.8 Å². The Kier molecular flexibility index (Phi) is 6.55. The SMILES string of the molecule is CCS(=O)(=O)Oc1cccc(CN(Cc2ccco2)S(=O)(=O)c2ccc3ccccc3c2)c1. The minimum atomic E-state index is -3.91. The first-order chi connectivity index (χ1) is 15.8. The highest BCUT2D eigenvalue weighted by molar-refractivity contribution is 7.89. The minimum Gasteiger partial charge on any atom is -0.468 e. The summed E-state index contributed by atoms with van der Waals surface area (Å²) in [6.45, 7) is 1.50. The number of rotatable bonds is 9. The van der Waals surface area contributed by atoms with Gasteiger partial charge in [0, 0.05) is 6.54 Å². The highest BCUT2D eigenvalue weighted by atomic mass is 32.2. The number of sulfonamides is 1. The predicted octanol–water partition coefficient (Wildman–Crippen LogP) is 4.55. The zero-order valence-electron chi connectivity index (χ0n) is 17.9. The summed E-state index contributed by atoms with van der Waals surface area (Å²) < 4.78 is 62.7. The van der Waals surface area contributed by atoms with E-state index in [1.807, 2.05) is 24.3 Å². The summed E-state index contributed by atoms with van der Waals surface area (Å²) in [7, 11) is -7.60. The van der Waals surface area contributed by atoms with Crippen molar-refractivity contribution in [2.45, 2.75) is 24.9 Å². The van der Waals surface area contributed by atoms with E-state index in [1.54, 1.807) is 42.5 Å². The Morgan fingerprint density at radius 3 is 2.33 bits per heavy atom. The smallest absolute Gasteiger partial charge is 0.308 e. The molecule has 0 aliphatic rings. The Bertz CT molecular complexity index is 1460. The maximum absolute atomic E-state index is 13.6. The van der Waals surface area contributed by atoms with Crippen LogP contribution in [0.5, 0.6) is 5.75 Å². The number of benzene rings is 3. The molecule has 0 unspecified atom stereocenters. The van der Waals surface area contributed by atoms with Gasteiger partial charge in [-0.3, -0.25) is 0 Å². The molecule has 1 aromatic heterocycles. The Balaban J connectivity index is 1.69. The average Bonchev–Trinajstić information content (AvgIpc) is 3.31. The first kappa shape index (κ1) is 23.0. The van der Waals surface area contributed by atoms with E-state index in [2.05, 4.69) is 0 Å². The Labute approximate surface area is 193 Å². The molecule has 0 amide bonds. The van der Waals surface area contributed by atoms with E-state index in [9.17, 15) is 16.8 Å². The molecule has 4 aromatic rings. The molecule has 0 saturated carbocycles. The number of nitrogens with zero attached hydrogens (tertiary/aromatic N) is 1. The van der Waals surface area contributed by atoms with Crippen molar-refractivity contribution in [1.29, 1.82) is 0 Å². The first-order valence-electron chi connectivity index (χ1n) is 10.3. The maximum atomic E-state index is 13.6. The molecule has 0 fully saturated rings. The van der Waals surface area contributed by atoms with Crippen LogP contribution in [0, 0.1) is 0 Å². The molecular formula is C24H23NO6S2. The van der Waals surface area contributed by atoms with Crippen molar-refractivity contribution in [1.82, 2.24) is 4.31 Å². The van der Waals surface area contributed by atoms with Gasteiger partial charge in [0.05, 0.1) is 23.5 Å². The van der Waals surface area contributed by atoms with Gasteiger partial charge in [-0.15, -0.1) is 0 Å². The molecule has 33 heavy (non-hydrogen) atoms. The van der Waals surface area contributed by atoms with Gasteiger partial charge < -0.3 is 8.60 Å². The fraction of sp³-hybridized carbons (Fsp3) is 0.167. The molecule has 7 nitrogen and oxygen atoms in total. The van der Waals surface area contributed by atoms with Crippen molar-refractivity contribution in [2.75, 3.05) is 5.75 Å². The van der Waals surface area contributed by atoms with Crippen LogP contribution in [0.25, 0.3) is 10.8 Å². The van der Waals surface area contributed by atoms with Gasteiger partial charge in [0.25, 0.3) is 0 Å². The highest BCUT2D eigenvalue weighted by Crippen LogP contribution is 2.26. The maximum Gasteiger partial charge on any atom is 0.308 e. The summed E-state index contributed by atoms with van der Waals surface area (Å²) >= 11 is 0. The third-order valence-corrected chi connectivity index (χ3v) is 8.05. The van der Waals surface area contributed by atoms with Gasteiger partial charge in [-0.2, -0.15) is 12.7 Å². The van der Waals surface area contributed by atoms with Gasteiger partial charge in [0.2, 0.25) is 10.0 Å². The topological polar surface area (TPSA) is 93.9 Å². The summed E-state index contributed by atoms with van der Waals surface area (Å²) in [6.07, 6.45) is 1.49. The monoisotopic (exact) mass is 485 g/mol. The predicted molar refractivity (Wildman–Crippen MR) is 126 cm³/mol. The molecule has 0 bridgehead atoms. The quantitative estimate of drug-likeness (QED) is 0.323. The summed E-state index contributed by atoms with van der Waals surface area (Å²) in [5.41, 5.74) is 0.578. The first-order valence-corrected chi connectivity index (χ1v) is 13.3. The normalized spacial score (nSPS) is 12.3. The van der Waals surface area contributed by atoms with Crippen LogP contribution in [0.2, 0.25) is 0 Å². The third kappa shape index (κ3) is 5.44. The second kappa shape index (κ2) is 9.38. The fourth-order valence-corrected chi connectivity index (χ4v) is 5.33. The van der Waals surface area contributed by atoms with Gasteiger partial charge in [0.15, 0.2) is 0 Å². The fourth-order valence-electron chi connectivity index (χ4n) is 3.38. The van der Waals surface area contributed by atoms with Crippen LogP contribution in [0.4, 0.5) is 0 Å². The van der Waals surface area contributed by atoms with Crippen LogP contribution >= 0.6 is 0 Å². The zero-order valence-corrected chi connectivity index (χ0v) is 19.6. The van der Waals surface area contributed by atoms with Crippen LogP contribution in [0.3, 0.4) is 0 Å². The van der Waals surface area contributed by atoms with Crippen LogP contribution in [0.15, 0.2) is 94.4 Å². The summed E-state index contributed by atoms with van der Waals surface area (Å²) in [5, 5.41) is 1.76. The Morgan fingerprint density at radius 1 is 0.818 bits per heavy atom. The Hall–Kier alpha value is -3.14. The van der Waals surface area contributed by atoms with Crippen molar-refractivity contribution in [3.8, 4) is 5.75 Å². The van der Waals surface area contributed by atoms with E-state index < -0.39 is 20.1 Å². The summed E-state index contributed by atoms with van der Waals surface area (Å²) in [5.74, 6) is 0.453. The molecule has 0 atom stereocenters. The molecule has 0 saturated heterocycles. The van der Waals surface area contributed by atoms with Gasteiger partial charge in [-0.1, -0.05) is 42.5 Å². The number of furan rings is 1. The van der Waals surface area contributed by atoms with E-state index >= 15 is 0 Å². The average molecular weight is 486 g/mol. The van der Waals surface area contributed by atoms with E-state index in [-0.39, 0.29) is 29.5 Å². The molecule has 172 valence electrons. The molecular weight excluding hydrogens is 462 g/mol. The lowest BCUT2D eigenvalue weighted by atomic mass is 10.1. The van der Waals surface area contributed by atoms with E-state index in [1.165, 1.54) is 29.6 Å². The molecule has 4 rings (SSSR count). The lowest BCUT2D eigenvalue weighted by Gasteiger charge is -2.22. The number of hydrogen-bond donors (Lipinski definition) is 0. The summed E-state index contributed by atoms with van der Waals surface area (Å²) in [4.78, 5) is 0.161. The van der Waals surface area contributed by atoms with E-state index in [4.69, 9.17) is 8.60 Å². The standard InChI is InChI=1S/C24H23NO6S2/c1-2-32(26,27)31-22-10-5-7-19(15-22)17-25(18-23-11-6-14-30-23)33(28,29)24-13-12-20-8-3-4-9-21(20)16-24/h3-16H,2,17-18H2,1H3. The molecule has 0 N–H and O–H groups in total. The second-order valence-corrected chi connectivity index (χ2v) is 11.2. The van der Waals surface area contributed by atoms with Gasteiger partial charge in [-0.25, -0.2) is 8.42 Å². The lowest BCUT2D eigenvalue weighted by molar-refractivity contribution is 0.358. The van der Waals surface area contributed by atoms with Crippen LogP contribution in [-0.2, 0) is 33.2 Å². The number of fused-ring (bicyclic) bond motifs is 1. The number of hydrogen-bond acceptors (Lipinski definition) is 6. The molecule has 0 spiro atoms. The minimum absolute atomic E-state index is 0.000761. The highest BCUT2D eigenvalue weighted by Gasteiger charge is 2.26. The molecule has 1 heterocycles. The second-order valence-electron chi connectivity index (χ2n) is 7.44. The van der Waals surface area contributed by atoms with Crippen molar-refractivity contribution in [3.63, 3.8) is 0 Å². The third-order valence-electron chi connectivity index (χ3n) is 5.11. The largest absolute Gasteiger partial charge is 0.468 e. The van der Waals surface area contributed by atoms with Crippen LogP contribution < -0.4 is 4.18 Å².